The monoisotopic (exact) mass is 442 g/mol. The Morgan fingerprint density at radius 1 is 1.03 bits per heavy atom. The molecule has 0 aromatic heterocycles. The van der Waals surface area contributed by atoms with Crippen LogP contribution in [-0.4, -0.2) is 73.4 Å². The summed E-state index contributed by atoms with van der Waals surface area (Å²) in [5.74, 6) is 2.05. The van der Waals surface area contributed by atoms with Gasteiger partial charge in [-0.15, -0.1) is 0 Å². The van der Waals surface area contributed by atoms with Crippen molar-refractivity contribution in [3.8, 4) is 17.2 Å². The molecule has 1 saturated heterocycles. The van der Waals surface area contributed by atoms with Crippen LogP contribution in [0, 0.1) is 0 Å². The van der Waals surface area contributed by atoms with Crippen LogP contribution in [0.5, 0.6) is 17.2 Å². The van der Waals surface area contributed by atoms with Gasteiger partial charge in [-0.1, -0.05) is 24.3 Å². The summed E-state index contributed by atoms with van der Waals surface area (Å²) in [7, 11) is 1.95. The SMILES string of the molecule is CCOc1ccccc1OC[C@H](O)CN(C)Cc1ccc(OCC(=O)N2CCCC2)cc1. The Morgan fingerprint density at radius 3 is 2.34 bits per heavy atom. The van der Waals surface area contributed by atoms with Crippen molar-refractivity contribution in [2.45, 2.75) is 32.4 Å². The van der Waals surface area contributed by atoms with Crippen molar-refractivity contribution < 1.29 is 24.1 Å². The lowest BCUT2D eigenvalue weighted by Crippen LogP contribution is -2.32. The summed E-state index contributed by atoms with van der Waals surface area (Å²) < 4.78 is 16.9. The fraction of sp³-hybridized carbons (Fsp3) is 0.480. The van der Waals surface area contributed by atoms with Crippen LogP contribution in [0.2, 0.25) is 0 Å². The number of hydrogen-bond donors (Lipinski definition) is 1. The maximum Gasteiger partial charge on any atom is 0.260 e. The number of ether oxygens (including phenoxy) is 3. The van der Waals surface area contributed by atoms with Crippen LogP contribution in [-0.2, 0) is 11.3 Å². The number of carbonyl (C=O) groups is 1. The molecule has 0 unspecified atom stereocenters. The van der Waals surface area contributed by atoms with Crippen molar-refractivity contribution >= 4 is 5.91 Å². The topological polar surface area (TPSA) is 71.5 Å². The number of aliphatic hydroxyl groups is 1. The van der Waals surface area contributed by atoms with E-state index in [0.717, 1.165) is 31.5 Å². The molecule has 7 heteroatoms. The highest BCUT2D eigenvalue weighted by molar-refractivity contribution is 5.78. The predicted molar refractivity (Wildman–Crippen MR) is 123 cm³/mol. The molecule has 2 aromatic carbocycles. The van der Waals surface area contributed by atoms with Gasteiger partial charge in [-0.25, -0.2) is 0 Å². The summed E-state index contributed by atoms with van der Waals surface area (Å²) >= 11 is 0. The van der Waals surface area contributed by atoms with Gasteiger partial charge in [-0.3, -0.25) is 9.69 Å². The van der Waals surface area contributed by atoms with Crippen molar-refractivity contribution in [3.63, 3.8) is 0 Å². The Hall–Kier alpha value is -2.77. The minimum atomic E-state index is -0.631. The largest absolute Gasteiger partial charge is 0.490 e. The van der Waals surface area contributed by atoms with E-state index in [0.29, 0.717) is 36.9 Å². The van der Waals surface area contributed by atoms with Crippen molar-refractivity contribution in [1.29, 1.82) is 0 Å². The lowest BCUT2D eigenvalue weighted by atomic mass is 10.2. The van der Waals surface area contributed by atoms with Crippen LogP contribution in [0.25, 0.3) is 0 Å². The summed E-state index contributed by atoms with van der Waals surface area (Å²) in [6.45, 7) is 5.58. The van der Waals surface area contributed by atoms with Crippen molar-refractivity contribution in [2.75, 3.05) is 46.5 Å². The second-order valence-corrected chi connectivity index (χ2v) is 8.06. The van der Waals surface area contributed by atoms with E-state index in [-0.39, 0.29) is 19.1 Å². The molecule has 1 atom stereocenters. The van der Waals surface area contributed by atoms with Crippen LogP contribution in [0.4, 0.5) is 0 Å². The Kier molecular flexibility index (Phi) is 9.19. The Bertz CT molecular complexity index is 836. The average molecular weight is 443 g/mol. The van der Waals surface area contributed by atoms with E-state index in [9.17, 15) is 9.90 Å². The smallest absolute Gasteiger partial charge is 0.260 e. The lowest BCUT2D eigenvalue weighted by Gasteiger charge is -2.21. The highest BCUT2D eigenvalue weighted by Gasteiger charge is 2.18. The van der Waals surface area contributed by atoms with Gasteiger partial charge < -0.3 is 24.2 Å². The summed E-state index contributed by atoms with van der Waals surface area (Å²) in [6.07, 6.45) is 1.53. The molecule has 7 nitrogen and oxygen atoms in total. The molecular formula is C25H34N2O5. The van der Waals surface area contributed by atoms with Crippen molar-refractivity contribution in [1.82, 2.24) is 9.80 Å². The number of likely N-dealkylation sites (tertiary alicyclic amines) is 1. The van der Waals surface area contributed by atoms with Crippen LogP contribution in [0.3, 0.4) is 0 Å². The van der Waals surface area contributed by atoms with Crippen LogP contribution in [0.15, 0.2) is 48.5 Å². The summed E-state index contributed by atoms with van der Waals surface area (Å²) in [6, 6.07) is 15.2. The average Bonchev–Trinajstić information content (AvgIpc) is 3.33. The molecule has 0 bridgehead atoms. The fourth-order valence-corrected chi connectivity index (χ4v) is 3.71. The molecular weight excluding hydrogens is 408 g/mol. The fourth-order valence-electron chi connectivity index (χ4n) is 3.71. The van der Waals surface area contributed by atoms with Gasteiger partial charge in [-0.2, -0.15) is 0 Å². The second-order valence-electron chi connectivity index (χ2n) is 8.06. The Labute approximate surface area is 190 Å². The standard InChI is InChI=1S/C25H34N2O5/c1-3-30-23-8-4-5-9-24(23)32-18-21(28)17-26(2)16-20-10-12-22(13-11-20)31-19-25(29)27-14-6-7-15-27/h4-5,8-13,21,28H,3,6-7,14-19H2,1-2H3/t21-/m1/s1. The zero-order valence-corrected chi connectivity index (χ0v) is 19.0. The number of para-hydroxylation sites is 2. The van der Waals surface area contributed by atoms with Gasteiger partial charge in [0, 0.05) is 26.2 Å². The molecule has 0 saturated carbocycles. The third kappa shape index (κ3) is 7.43. The van der Waals surface area contributed by atoms with Gasteiger partial charge in [0.25, 0.3) is 5.91 Å². The second kappa shape index (κ2) is 12.3. The third-order valence-corrected chi connectivity index (χ3v) is 5.30. The molecule has 1 amide bonds. The van der Waals surface area contributed by atoms with Gasteiger partial charge in [0.15, 0.2) is 18.1 Å². The number of aliphatic hydroxyl groups excluding tert-OH is 1. The normalized spacial score (nSPS) is 14.4. The predicted octanol–water partition coefficient (Wildman–Crippen LogP) is 2.96. The zero-order chi connectivity index (χ0) is 22.8. The molecule has 174 valence electrons. The highest BCUT2D eigenvalue weighted by atomic mass is 16.5. The number of hydrogen-bond acceptors (Lipinski definition) is 6. The molecule has 1 N–H and O–H groups in total. The lowest BCUT2D eigenvalue weighted by molar-refractivity contribution is -0.132. The molecule has 0 spiro atoms. The van der Waals surface area contributed by atoms with E-state index in [1.807, 2.05) is 72.3 Å². The van der Waals surface area contributed by atoms with E-state index in [1.165, 1.54) is 0 Å². The first-order chi connectivity index (χ1) is 15.5. The number of carbonyl (C=O) groups excluding carboxylic acids is 1. The van der Waals surface area contributed by atoms with Gasteiger partial charge >= 0.3 is 0 Å². The molecule has 0 aliphatic carbocycles. The maximum atomic E-state index is 12.1. The first kappa shape index (κ1) is 23.9. The molecule has 3 rings (SSSR count). The molecule has 1 heterocycles. The molecule has 1 aliphatic heterocycles. The summed E-state index contributed by atoms with van der Waals surface area (Å²) in [5, 5.41) is 10.4. The van der Waals surface area contributed by atoms with Crippen LogP contribution in [0.1, 0.15) is 25.3 Å². The summed E-state index contributed by atoms with van der Waals surface area (Å²) in [5.41, 5.74) is 1.10. The number of likely N-dealkylation sites (N-methyl/N-ethyl adjacent to an activating group) is 1. The zero-order valence-electron chi connectivity index (χ0n) is 19.0. The van der Waals surface area contributed by atoms with E-state index >= 15 is 0 Å². The van der Waals surface area contributed by atoms with Crippen molar-refractivity contribution in [3.05, 3.63) is 54.1 Å². The number of benzene rings is 2. The number of nitrogens with zero attached hydrogens (tertiary/aromatic N) is 2. The number of amides is 1. The third-order valence-electron chi connectivity index (χ3n) is 5.30. The molecule has 2 aromatic rings. The molecule has 1 fully saturated rings. The quantitative estimate of drug-likeness (QED) is 0.545. The molecule has 32 heavy (non-hydrogen) atoms. The molecule has 1 aliphatic rings. The first-order valence-corrected chi connectivity index (χ1v) is 11.3. The van der Waals surface area contributed by atoms with Gasteiger partial charge in [0.2, 0.25) is 0 Å². The Balaban J connectivity index is 1.39. The van der Waals surface area contributed by atoms with Crippen LogP contribution < -0.4 is 14.2 Å². The van der Waals surface area contributed by atoms with E-state index in [4.69, 9.17) is 14.2 Å². The van der Waals surface area contributed by atoms with E-state index in [1.54, 1.807) is 0 Å². The first-order valence-electron chi connectivity index (χ1n) is 11.3. The van der Waals surface area contributed by atoms with E-state index < -0.39 is 6.10 Å². The van der Waals surface area contributed by atoms with Gasteiger partial charge in [0.1, 0.15) is 18.5 Å². The Morgan fingerprint density at radius 2 is 1.69 bits per heavy atom. The summed E-state index contributed by atoms with van der Waals surface area (Å²) in [4.78, 5) is 16.0. The van der Waals surface area contributed by atoms with Gasteiger partial charge in [-0.05, 0) is 56.6 Å². The highest BCUT2D eigenvalue weighted by Crippen LogP contribution is 2.26. The number of rotatable bonds is 12. The minimum Gasteiger partial charge on any atom is -0.490 e. The van der Waals surface area contributed by atoms with Crippen molar-refractivity contribution in [2.24, 2.45) is 0 Å². The van der Waals surface area contributed by atoms with Gasteiger partial charge in [0.05, 0.1) is 6.61 Å². The minimum absolute atomic E-state index is 0.0476. The maximum absolute atomic E-state index is 12.1. The van der Waals surface area contributed by atoms with Crippen LogP contribution >= 0.6 is 0 Å². The molecule has 0 radical (unpaired) electrons. The van der Waals surface area contributed by atoms with E-state index in [2.05, 4.69) is 0 Å².